The van der Waals surface area contributed by atoms with E-state index in [0.29, 0.717) is 107 Å². The van der Waals surface area contributed by atoms with Crippen LogP contribution in [0.15, 0.2) is 297 Å². The molecule has 11 aromatic rings. The molecule has 3 aliphatic heterocycles. The lowest BCUT2D eigenvalue weighted by molar-refractivity contribution is -0.272. The molecule has 11 aromatic carbocycles. The van der Waals surface area contributed by atoms with Crippen molar-refractivity contribution in [2.75, 3.05) is 41.2 Å². The highest BCUT2D eigenvalue weighted by atomic mass is 16.7. The number of aliphatic hydroxyl groups excluding tert-OH is 1. The maximum atomic E-state index is 13.6. The fourth-order valence-electron chi connectivity index (χ4n) is 14.6. The lowest BCUT2D eigenvalue weighted by Gasteiger charge is -2.43. The summed E-state index contributed by atoms with van der Waals surface area (Å²) in [5.74, 6) is 0.522. The molecule has 22 nitrogen and oxygen atoms in total. The van der Waals surface area contributed by atoms with Gasteiger partial charge in [0.2, 0.25) is 12.6 Å². The van der Waals surface area contributed by atoms with E-state index in [-0.39, 0.29) is 77.0 Å². The van der Waals surface area contributed by atoms with E-state index in [9.17, 15) is 19.5 Å². The molecule has 14 rings (SSSR count). The number of carbonyl (C=O) groups excluding carboxylic acids is 2. The van der Waals surface area contributed by atoms with Crippen LogP contribution in [0.4, 0.5) is 0 Å². The first-order chi connectivity index (χ1) is 61.3. The lowest BCUT2D eigenvalue weighted by atomic mass is 9.83. The van der Waals surface area contributed by atoms with Crippen molar-refractivity contribution in [2.24, 2.45) is 35.5 Å². The Morgan fingerprint density at radius 3 is 0.873 bits per heavy atom. The zero-order valence-electron chi connectivity index (χ0n) is 72.8. The van der Waals surface area contributed by atoms with Crippen LogP contribution < -0.4 is 23.7 Å². The average Bonchev–Trinajstić information content (AvgIpc) is 0.795. The summed E-state index contributed by atoms with van der Waals surface area (Å²) in [6, 6.07) is 93.4. The molecule has 3 heterocycles. The number of rotatable bonds is 35. The third-order valence-corrected chi connectivity index (χ3v) is 22.7. The molecule has 0 saturated carbocycles. The Balaban J connectivity index is 0.000000176. The number of benzene rings is 11. The van der Waals surface area contributed by atoms with Crippen molar-refractivity contribution in [3.8, 4) is 34.5 Å². The molecule has 3 N–H and O–H groups in total. The first-order valence-corrected chi connectivity index (χ1v) is 42.5. The third-order valence-electron chi connectivity index (χ3n) is 22.7. The van der Waals surface area contributed by atoms with Crippen LogP contribution >= 0.6 is 0 Å². The van der Waals surface area contributed by atoms with Crippen molar-refractivity contribution in [1.29, 1.82) is 0 Å². The van der Waals surface area contributed by atoms with Gasteiger partial charge in [-0.1, -0.05) is 284 Å². The highest BCUT2D eigenvalue weighted by molar-refractivity contribution is 5.91. The predicted molar refractivity (Wildman–Crippen MR) is 477 cm³/mol. The van der Waals surface area contributed by atoms with Gasteiger partial charge in [0.25, 0.3) is 0 Å². The number of hydrogen-bond acceptors (Lipinski definition) is 21. The number of phenols is 1. The molecule has 0 spiro atoms. The first-order valence-electron chi connectivity index (χ1n) is 42.5. The van der Waals surface area contributed by atoms with Crippen molar-refractivity contribution in [2.45, 2.75) is 150 Å². The van der Waals surface area contributed by atoms with Gasteiger partial charge in [-0.25, -0.2) is 14.4 Å². The zero-order valence-corrected chi connectivity index (χ0v) is 72.8. The van der Waals surface area contributed by atoms with Crippen LogP contribution in [0, 0.1) is 35.5 Å². The molecule has 0 aromatic heterocycles. The van der Waals surface area contributed by atoms with E-state index in [4.69, 9.17) is 86.0 Å². The number of esters is 2. The van der Waals surface area contributed by atoms with Gasteiger partial charge in [-0.15, -0.1) is 0 Å². The van der Waals surface area contributed by atoms with E-state index in [1.165, 1.54) is 19.2 Å². The van der Waals surface area contributed by atoms with E-state index in [2.05, 4.69) is 41.5 Å². The van der Waals surface area contributed by atoms with Crippen LogP contribution in [0.25, 0.3) is 0 Å². The van der Waals surface area contributed by atoms with Gasteiger partial charge in [-0.2, -0.15) is 0 Å². The quantitative estimate of drug-likeness (QED) is 0.0312. The molecular weight excluding hydrogens is 1600 g/mol. The number of hydrogen-bond donors (Lipinski definition) is 3. The maximum Gasteiger partial charge on any atom is 0.340 e. The molecule has 664 valence electrons. The first kappa shape index (κ1) is 94.9. The van der Waals surface area contributed by atoms with Crippen molar-refractivity contribution in [1.82, 2.24) is 0 Å². The van der Waals surface area contributed by atoms with Crippen LogP contribution in [-0.2, 0) is 105 Å². The Bertz CT molecular complexity index is 4770. The van der Waals surface area contributed by atoms with E-state index in [1.54, 1.807) is 50.6 Å². The minimum atomic E-state index is -1.08. The van der Waals surface area contributed by atoms with E-state index in [0.717, 1.165) is 50.6 Å². The van der Waals surface area contributed by atoms with E-state index >= 15 is 0 Å². The molecule has 0 radical (unpaired) electrons. The van der Waals surface area contributed by atoms with Gasteiger partial charge in [0, 0.05) is 0 Å². The summed E-state index contributed by atoms with van der Waals surface area (Å²) in [7, 11) is 4.53. The highest BCUT2D eigenvalue weighted by Gasteiger charge is 2.47. The Hall–Kier alpha value is -11.8. The highest BCUT2D eigenvalue weighted by Crippen LogP contribution is 2.40. The van der Waals surface area contributed by atoms with Gasteiger partial charge in [0.15, 0.2) is 40.8 Å². The third kappa shape index (κ3) is 28.6. The molecule has 0 bridgehead atoms. The van der Waals surface area contributed by atoms with Crippen LogP contribution in [0.3, 0.4) is 0 Å². The number of aromatic carboxylic acids is 1. The van der Waals surface area contributed by atoms with Crippen LogP contribution in [0.5, 0.6) is 34.5 Å². The number of ether oxygens (including phenoxy) is 16. The summed E-state index contributed by atoms with van der Waals surface area (Å²) in [5, 5.41) is 28.1. The van der Waals surface area contributed by atoms with E-state index < -0.39 is 49.0 Å². The van der Waals surface area contributed by atoms with Crippen molar-refractivity contribution in [3.63, 3.8) is 0 Å². The maximum absolute atomic E-state index is 13.6. The summed E-state index contributed by atoms with van der Waals surface area (Å²) >= 11 is 0. The number of phenolic OH excluding ortho intramolecular Hbond substituents is 1. The molecular formula is C104H116O22. The van der Waals surface area contributed by atoms with Gasteiger partial charge in [-0.05, 0) is 135 Å². The molecule has 15 unspecified atom stereocenters. The fraction of sp³-hybridized carbons (Fsp3) is 0.337. The second kappa shape index (κ2) is 49.8. The minimum absolute atomic E-state index is 0.0243. The topological polar surface area (TPSA) is 260 Å². The summed E-state index contributed by atoms with van der Waals surface area (Å²) < 4.78 is 95.2. The van der Waals surface area contributed by atoms with Gasteiger partial charge < -0.3 is 91.1 Å². The Kier molecular flexibility index (Phi) is 37.5. The summed E-state index contributed by atoms with van der Waals surface area (Å²) in [4.78, 5) is 37.5. The summed E-state index contributed by atoms with van der Waals surface area (Å²) in [6.45, 7) is 17.2. The average molecular weight is 1720 g/mol. The number of carboxylic acid groups (broad SMARTS) is 1. The number of carboxylic acids is 1. The number of carbonyl (C=O) groups is 3. The Morgan fingerprint density at radius 2 is 0.571 bits per heavy atom. The summed E-state index contributed by atoms with van der Waals surface area (Å²) in [5.41, 5.74) is 9.13. The molecule has 0 amide bonds. The predicted octanol–water partition coefficient (Wildman–Crippen LogP) is 19.3. The monoisotopic (exact) mass is 1720 g/mol. The van der Waals surface area contributed by atoms with Crippen molar-refractivity contribution in [3.05, 3.63) is 358 Å². The van der Waals surface area contributed by atoms with Gasteiger partial charge in [0.1, 0.15) is 31.5 Å². The molecule has 15 atom stereocenters. The Morgan fingerprint density at radius 1 is 0.302 bits per heavy atom. The second-order valence-electron chi connectivity index (χ2n) is 31.4. The number of methoxy groups -OCH3 is 3. The van der Waals surface area contributed by atoms with Crippen LogP contribution in [-0.4, -0.2) is 130 Å². The molecule has 3 saturated heterocycles. The molecule has 3 fully saturated rings. The smallest absolute Gasteiger partial charge is 0.340 e. The number of aromatic hydroxyl groups is 1. The number of aliphatic hydroxyl groups is 1. The van der Waals surface area contributed by atoms with Crippen molar-refractivity contribution >= 4 is 17.9 Å². The standard InChI is InChI=1S/2C37H40O7.C22H28O4.C8H8O4/c2*1-26-27(2)35(42-24-30-17-11-6-12-18-30)37(43-34(26)25-40-22-28-13-7-4-8-14-28)44-36(38)31-19-20-32(39-3)33(21-31)41-23-29-15-9-5-10-16-29;1-16-17(2)21(25-14-19-11-7-4-8-12-19)22(23)26-20(16)15-24-13-18-9-5-3-6-10-18;1-12-7-3-2-5(8(10)11)4-6(7)9/h2*4-21,26-27,34-35,37H,22-25H2,1-3H3;3-12,16-17,20-23H,13-15H2,1-2H3;2-4,9H,1H3,(H,10,11). The largest absolute Gasteiger partial charge is 0.504 e. The summed E-state index contributed by atoms with van der Waals surface area (Å²) in [6.07, 6.45) is -4.81. The van der Waals surface area contributed by atoms with Gasteiger partial charge in [0.05, 0.1) is 116 Å². The van der Waals surface area contributed by atoms with E-state index in [1.807, 2.05) is 243 Å². The Labute approximate surface area is 739 Å². The fourth-order valence-corrected chi connectivity index (χ4v) is 14.6. The van der Waals surface area contributed by atoms with Crippen LogP contribution in [0.1, 0.15) is 117 Å². The van der Waals surface area contributed by atoms with Crippen LogP contribution in [0.2, 0.25) is 0 Å². The molecule has 22 heteroatoms. The normalized spacial score (nSPS) is 21.8. The molecule has 3 aliphatic rings. The minimum Gasteiger partial charge on any atom is -0.504 e. The molecule has 0 aliphatic carbocycles. The van der Waals surface area contributed by atoms with Gasteiger partial charge >= 0.3 is 17.9 Å². The lowest BCUT2D eigenvalue weighted by Crippen LogP contribution is -2.53. The van der Waals surface area contributed by atoms with Gasteiger partial charge in [-0.3, -0.25) is 0 Å². The zero-order chi connectivity index (χ0) is 88.9. The molecule has 126 heavy (non-hydrogen) atoms. The van der Waals surface area contributed by atoms with Crippen molar-refractivity contribution < 1.29 is 105 Å². The second-order valence-corrected chi connectivity index (χ2v) is 31.4. The SMILES string of the molecule is CC1C(COCc2ccccc2)OC(O)C(OCc2ccccc2)C1C.COc1ccc(C(=O)O)cc1O.COc1ccc(C(=O)OC2OC(COCc3ccccc3)C(C)C(C)C2OCc2ccccc2)cc1OCc1ccccc1.COc1ccc(C(=O)OC2OC(COCc3ccccc3)C(C)C(C)C2OCc2ccccc2)cc1OCc1ccccc1.